The van der Waals surface area contributed by atoms with E-state index in [2.05, 4.69) is 5.32 Å². The van der Waals surface area contributed by atoms with Gasteiger partial charge < -0.3 is 31.5 Å². The highest BCUT2D eigenvalue weighted by molar-refractivity contribution is 6.24. The van der Waals surface area contributed by atoms with Crippen LogP contribution in [0.4, 0.5) is 13.2 Å². The van der Waals surface area contributed by atoms with E-state index in [9.17, 15) is 48.0 Å². The van der Waals surface area contributed by atoms with Gasteiger partial charge in [-0.25, -0.2) is 0 Å². The summed E-state index contributed by atoms with van der Waals surface area (Å²) in [6.07, 6.45) is -1.52. The van der Waals surface area contributed by atoms with Gasteiger partial charge in [0.1, 0.15) is 22.8 Å². The summed E-state index contributed by atoms with van der Waals surface area (Å²) in [5.41, 5.74) is -1.18. The Morgan fingerprint density at radius 2 is 1.84 bits per heavy atom. The van der Waals surface area contributed by atoms with Gasteiger partial charge in [0.05, 0.1) is 17.2 Å². The highest BCUT2D eigenvalue weighted by Crippen LogP contribution is 2.54. The number of benzene rings is 1. The fourth-order valence-corrected chi connectivity index (χ4v) is 8.61. The molecule has 7 atom stereocenters. The van der Waals surface area contributed by atoms with E-state index in [1.165, 1.54) is 19.0 Å². The molecule has 7 N–H and O–H groups in total. The monoisotopic (exact) mass is 605 g/mol. The number of nitrogens with zero attached hydrogens (tertiary/aromatic N) is 1. The molecule has 3 saturated carbocycles. The lowest BCUT2D eigenvalue weighted by Crippen LogP contribution is -2.65. The Morgan fingerprint density at radius 1 is 1.14 bits per heavy atom. The van der Waals surface area contributed by atoms with E-state index in [0.29, 0.717) is 11.8 Å². The molecule has 43 heavy (non-hydrogen) atoms. The van der Waals surface area contributed by atoms with Crippen molar-refractivity contribution in [3.05, 3.63) is 45.2 Å². The number of hydrogen-bond donors (Lipinski definition) is 6. The normalized spacial score (nSPS) is 33.7. The number of nitrogens with one attached hydrogen (secondary N) is 1. The number of aromatic hydroxyl groups is 1. The number of aliphatic hydroxyl groups is 3. The summed E-state index contributed by atoms with van der Waals surface area (Å²) < 4.78 is 44.2. The van der Waals surface area contributed by atoms with Gasteiger partial charge in [0.2, 0.25) is 5.78 Å². The molecule has 1 aromatic rings. The molecule has 3 fully saturated rings. The van der Waals surface area contributed by atoms with Gasteiger partial charge in [0.25, 0.3) is 5.91 Å². The molecule has 0 heterocycles. The highest BCUT2D eigenvalue weighted by Gasteiger charge is 2.64. The first-order valence-corrected chi connectivity index (χ1v) is 14.4. The van der Waals surface area contributed by atoms with Crippen molar-refractivity contribution in [1.29, 1.82) is 0 Å². The summed E-state index contributed by atoms with van der Waals surface area (Å²) in [6, 6.07) is -0.317. The molecule has 2 bridgehead atoms. The Morgan fingerprint density at radius 3 is 2.40 bits per heavy atom. The number of carbonyl (C=O) groups excluding carboxylic acids is 3. The van der Waals surface area contributed by atoms with E-state index in [1.807, 2.05) is 0 Å². The molecule has 5 aliphatic carbocycles. The topological polar surface area (TPSA) is 173 Å². The SMILES string of the molecule is CN(C)[C@@H]1C(=O)C(C(N)=O)=C(O)[C@@]2(O)C(=O)C3=C(O)c4c(O)cc(CN[C@H]5CC6CCC5C6)c(C(F)(F)F)c4C[C@H]3C[C@@H]12. The fraction of sp³-hybridized carbons (Fsp3) is 0.567. The summed E-state index contributed by atoms with van der Waals surface area (Å²) in [6.45, 7) is -0.154. The molecule has 0 radical (unpaired) electrons. The zero-order valence-corrected chi connectivity index (χ0v) is 23.7. The van der Waals surface area contributed by atoms with Crippen molar-refractivity contribution in [3.63, 3.8) is 0 Å². The van der Waals surface area contributed by atoms with Crippen LogP contribution in [0.5, 0.6) is 5.75 Å². The number of primary amides is 1. The highest BCUT2D eigenvalue weighted by atomic mass is 19.4. The van der Waals surface area contributed by atoms with Crippen molar-refractivity contribution >= 4 is 23.2 Å². The molecule has 232 valence electrons. The maximum atomic E-state index is 14.7. The summed E-state index contributed by atoms with van der Waals surface area (Å²) >= 11 is 0. The van der Waals surface area contributed by atoms with Crippen molar-refractivity contribution in [3.8, 4) is 5.75 Å². The second-order valence-electron chi connectivity index (χ2n) is 12.9. The van der Waals surface area contributed by atoms with Crippen molar-refractivity contribution < 1.29 is 48.0 Å². The van der Waals surface area contributed by atoms with Gasteiger partial charge in [-0.05, 0) is 81.1 Å². The number of Topliss-reactive ketones (excluding diaryl/α,β-unsaturated/α-hetero) is 2. The van der Waals surface area contributed by atoms with Gasteiger partial charge >= 0.3 is 6.18 Å². The van der Waals surface area contributed by atoms with Crippen LogP contribution in [0.25, 0.3) is 5.76 Å². The van der Waals surface area contributed by atoms with Gasteiger partial charge in [-0.2, -0.15) is 13.2 Å². The number of phenols is 1. The Kier molecular flexibility index (Phi) is 6.75. The third kappa shape index (κ3) is 4.22. The van der Waals surface area contributed by atoms with Crippen molar-refractivity contribution in [2.75, 3.05) is 14.1 Å². The molecule has 0 aliphatic heterocycles. The van der Waals surface area contributed by atoms with Gasteiger partial charge in [0, 0.05) is 24.1 Å². The summed E-state index contributed by atoms with van der Waals surface area (Å²) in [7, 11) is 2.89. The molecule has 0 saturated heterocycles. The molecule has 0 aromatic heterocycles. The van der Waals surface area contributed by atoms with Crippen molar-refractivity contribution in [2.45, 2.75) is 68.9 Å². The van der Waals surface area contributed by atoms with Crippen LogP contribution in [-0.4, -0.2) is 74.6 Å². The lowest BCUT2D eigenvalue weighted by molar-refractivity contribution is -0.153. The molecule has 13 heteroatoms. The minimum atomic E-state index is -4.87. The Bertz CT molecular complexity index is 1520. The first kappa shape index (κ1) is 29.6. The van der Waals surface area contributed by atoms with Gasteiger partial charge in [-0.3, -0.25) is 19.3 Å². The predicted octanol–water partition coefficient (Wildman–Crippen LogP) is 2.26. The molecule has 5 aliphatic rings. The number of aliphatic hydroxyl groups excluding tert-OH is 2. The van der Waals surface area contributed by atoms with Crippen LogP contribution in [0.15, 0.2) is 23.0 Å². The Labute approximate surface area is 245 Å². The molecule has 1 aromatic carbocycles. The zero-order valence-electron chi connectivity index (χ0n) is 23.7. The van der Waals surface area contributed by atoms with Crippen LogP contribution >= 0.6 is 0 Å². The number of ketones is 2. The maximum Gasteiger partial charge on any atom is 0.417 e. The fourth-order valence-electron chi connectivity index (χ4n) is 8.61. The first-order chi connectivity index (χ1) is 20.1. The van der Waals surface area contributed by atoms with E-state index < -0.39 is 93.1 Å². The molecule has 2 unspecified atom stereocenters. The third-order valence-electron chi connectivity index (χ3n) is 10.4. The standard InChI is InChI=1S/C30H34F3N3O7/c1-36(2)23-16-8-13-7-15-20(24(38)19(13)26(40)29(16,43)27(41)21(25(23)39)28(34)42)18(37)9-14(22(15)30(31,32)33)10-35-17-6-11-3-4-12(17)5-11/h9,11-13,16-17,23,35,37-38,41,43H,3-8,10H2,1-2H3,(H2,34,42)/t11?,12?,13-,16-,17-,23-,29-/m0/s1. The Hall–Kier alpha value is -3.42. The van der Waals surface area contributed by atoms with Crippen LogP contribution in [0.1, 0.15) is 54.4 Å². The van der Waals surface area contributed by atoms with Gasteiger partial charge in [-0.1, -0.05) is 6.42 Å². The Balaban J connectivity index is 1.47. The quantitative estimate of drug-likeness (QED) is 0.275. The number of alkyl halides is 3. The van der Waals surface area contributed by atoms with Crippen LogP contribution in [-0.2, 0) is 33.5 Å². The van der Waals surface area contributed by atoms with Gasteiger partial charge in [0.15, 0.2) is 11.4 Å². The number of carbonyl (C=O) groups is 3. The smallest absolute Gasteiger partial charge is 0.417 e. The van der Waals surface area contributed by atoms with E-state index in [0.717, 1.165) is 31.7 Å². The van der Waals surface area contributed by atoms with Crippen molar-refractivity contribution in [1.82, 2.24) is 10.2 Å². The molecule has 6 rings (SSSR count). The third-order valence-corrected chi connectivity index (χ3v) is 10.4. The van der Waals surface area contributed by atoms with E-state index in [1.54, 1.807) is 0 Å². The second-order valence-corrected chi connectivity index (χ2v) is 12.9. The number of rotatable bonds is 5. The van der Waals surface area contributed by atoms with Crippen molar-refractivity contribution in [2.24, 2.45) is 29.4 Å². The number of nitrogens with two attached hydrogens (primary N) is 1. The molecule has 10 nitrogen and oxygen atoms in total. The number of halogens is 3. The molecule has 1 amide bonds. The largest absolute Gasteiger partial charge is 0.508 e. The summed E-state index contributed by atoms with van der Waals surface area (Å²) in [5, 5.41) is 48.1. The zero-order chi connectivity index (χ0) is 31.3. The van der Waals surface area contributed by atoms with Gasteiger partial charge in [-0.15, -0.1) is 0 Å². The lowest BCUT2D eigenvalue weighted by atomic mass is 9.57. The van der Waals surface area contributed by atoms with E-state index in [-0.39, 0.29) is 30.1 Å². The maximum absolute atomic E-state index is 14.7. The molecular weight excluding hydrogens is 571 g/mol. The van der Waals surface area contributed by atoms with Crippen LogP contribution in [0.3, 0.4) is 0 Å². The van der Waals surface area contributed by atoms with Crippen LogP contribution in [0.2, 0.25) is 0 Å². The number of amides is 1. The number of likely N-dealkylation sites (N-methyl/N-ethyl adjacent to an activating group) is 1. The summed E-state index contributed by atoms with van der Waals surface area (Å²) in [5.74, 6) is -7.98. The average molecular weight is 606 g/mol. The second kappa shape index (κ2) is 9.80. The van der Waals surface area contributed by atoms with Crippen LogP contribution in [0, 0.1) is 23.7 Å². The molecule has 0 spiro atoms. The molecular formula is C30H34F3N3O7. The van der Waals surface area contributed by atoms with E-state index >= 15 is 0 Å². The average Bonchev–Trinajstić information content (AvgIpc) is 3.52. The lowest BCUT2D eigenvalue weighted by Gasteiger charge is -2.50. The van der Waals surface area contributed by atoms with Crippen LogP contribution < -0.4 is 11.1 Å². The summed E-state index contributed by atoms with van der Waals surface area (Å²) in [4.78, 5) is 40.5. The number of hydrogen-bond acceptors (Lipinski definition) is 9. The minimum absolute atomic E-state index is 0.0735. The number of fused-ring (bicyclic) bond motifs is 5. The predicted molar refractivity (Wildman–Crippen MR) is 145 cm³/mol. The number of phenolic OH excluding ortho intramolecular Hbond substituents is 1. The van der Waals surface area contributed by atoms with E-state index in [4.69, 9.17) is 5.73 Å². The first-order valence-electron chi connectivity index (χ1n) is 14.4. The minimum Gasteiger partial charge on any atom is -0.508 e.